The molecule has 1 aromatic heterocycles. The monoisotopic (exact) mass is 314 g/mol. The normalized spacial score (nSPS) is 16.7. The Morgan fingerprint density at radius 3 is 2.96 bits per heavy atom. The van der Waals surface area contributed by atoms with Gasteiger partial charge in [0.2, 0.25) is 5.91 Å². The largest absolute Gasteiger partial charge is 0.491 e. The number of hydrogen-bond donors (Lipinski definition) is 1. The van der Waals surface area contributed by atoms with E-state index in [2.05, 4.69) is 11.9 Å². The van der Waals surface area contributed by atoms with E-state index in [1.807, 2.05) is 24.0 Å². The summed E-state index contributed by atoms with van der Waals surface area (Å²) in [5.41, 5.74) is 2.59. The van der Waals surface area contributed by atoms with Crippen LogP contribution in [0.2, 0.25) is 0 Å². The molecule has 1 N–H and O–H groups in total. The Labute approximate surface area is 135 Å². The highest BCUT2D eigenvalue weighted by Gasteiger charge is 2.29. The van der Waals surface area contributed by atoms with E-state index < -0.39 is 0 Å². The number of nitrogens with zero attached hydrogens (tertiary/aromatic N) is 1. The van der Waals surface area contributed by atoms with Crippen molar-refractivity contribution >= 4 is 23.1 Å². The van der Waals surface area contributed by atoms with Crippen molar-refractivity contribution in [3.05, 3.63) is 29.5 Å². The topological polar surface area (TPSA) is 62.4 Å². The number of nitrogens with one attached hydrogen (secondary N) is 1. The smallest absolute Gasteiger partial charge is 0.222 e. The molecule has 2 aromatic rings. The summed E-state index contributed by atoms with van der Waals surface area (Å²) in [6.07, 6.45) is 4.73. The predicted molar refractivity (Wildman–Crippen MR) is 89.0 cm³/mol. The summed E-state index contributed by atoms with van der Waals surface area (Å²) in [6, 6.07) is 3.89. The SMILES string of the molecule is CCCN(C(=O)CC)C1COc2ccc3[nH]cc(C=O)c3c2C1. The number of carbonyl (C=O) groups is 2. The first-order valence-corrected chi connectivity index (χ1v) is 8.20. The molecule has 2 heterocycles. The lowest BCUT2D eigenvalue weighted by Crippen LogP contribution is -2.46. The lowest BCUT2D eigenvalue weighted by atomic mass is 9.96. The molecule has 122 valence electrons. The number of fused-ring (bicyclic) bond motifs is 3. The van der Waals surface area contributed by atoms with Crippen molar-refractivity contribution in [2.45, 2.75) is 39.2 Å². The first kappa shape index (κ1) is 15.6. The van der Waals surface area contributed by atoms with E-state index in [1.54, 1.807) is 6.20 Å². The van der Waals surface area contributed by atoms with Crippen LogP contribution in [-0.2, 0) is 11.2 Å². The lowest BCUT2D eigenvalue weighted by molar-refractivity contribution is -0.134. The minimum absolute atomic E-state index is 0.0231. The fraction of sp³-hybridized carbons (Fsp3) is 0.444. The number of amides is 1. The summed E-state index contributed by atoms with van der Waals surface area (Å²) in [5, 5.41) is 0.919. The van der Waals surface area contributed by atoms with Gasteiger partial charge in [0.1, 0.15) is 12.4 Å². The molecule has 0 aliphatic carbocycles. The molecule has 1 atom stereocenters. The molecule has 0 radical (unpaired) electrons. The molecule has 1 aromatic carbocycles. The van der Waals surface area contributed by atoms with Crippen LogP contribution in [0.15, 0.2) is 18.3 Å². The van der Waals surface area contributed by atoms with Crippen LogP contribution in [0.3, 0.4) is 0 Å². The van der Waals surface area contributed by atoms with Gasteiger partial charge in [0, 0.05) is 47.6 Å². The fourth-order valence-electron chi connectivity index (χ4n) is 3.37. The zero-order chi connectivity index (χ0) is 16.4. The highest BCUT2D eigenvalue weighted by atomic mass is 16.5. The molecule has 0 spiro atoms. The van der Waals surface area contributed by atoms with Gasteiger partial charge in [0.15, 0.2) is 6.29 Å². The summed E-state index contributed by atoms with van der Waals surface area (Å²) < 4.78 is 5.91. The van der Waals surface area contributed by atoms with Gasteiger partial charge in [-0.15, -0.1) is 0 Å². The number of H-pyrrole nitrogens is 1. The molecule has 0 saturated carbocycles. The number of ether oxygens (including phenoxy) is 1. The van der Waals surface area contributed by atoms with Crippen LogP contribution in [0.4, 0.5) is 0 Å². The van der Waals surface area contributed by atoms with E-state index in [1.165, 1.54) is 0 Å². The molecule has 1 aliphatic rings. The van der Waals surface area contributed by atoms with Crippen LogP contribution >= 0.6 is 0 Å². The number of carbonyl (C=O) groups excluding carboxylic acids is 2. The Hall–Kier alpha value is -2.30. The maximum Gasteiger partial charge on any atom is 0.222 e. The van der Waals surface area contributed by atoms with E-state index in [4.69, 9.17) is 4.74 Å². The number of rotatable bonds is 5. The predicted octanol–water partition coefficient (Wildman–Crippen LogP) is 2.93. The van der Waals surface area contributed by atoms with Gasteiger partial charge in [-0.05, 0) is 18.6 Å². The summed E-state index contributed by atoms with van der Waals surface area (Å²) in [7, 11) is 0. The summed E-state index contributed by atoms with van der Waals surface area (Å²) in [4.78, 5) is 28.6. The molecule has 0 saturated heterocycles. The number of hydrogen-bond acceptors (Lipinski definition) is 3. The standard InChI is InChI=1S/C18H22N2O3/c1-3-7-20(17(22)4-2)13-8-14-16(23-11-13)6-5-15-18(14)12(10-21)9-19-15/h5-6,9-10,13,19H,3-4,7-8,11H2,1-2H3. The van der Waals surface area contributed by atoms with Gasteiger partial charge in [-0.3, -0.25) is 9.59 Å². The van der Waals surface area contributed by atoms with Crippen molar-refractivity contribution in [2.24, 2.45) is 0 Å². The van der Waals surface area contributed by atoms with Crippen molar-refractivity contribution < 1.29 is 14.3 Å². The van der Waals surface area contributed by atoms with Crippen LogP contribution < -0.4 is 4.74 Å². The number of benzene rings is 1. The van der Waals surface area contributed by atoms with Crippen molar-refractivity contribution in [3.63, 3.8) is 0 Å². The van der Waals surface area contributed by atoms with Crippen LogP contribution in [0.1, 0.15) is 42.6 Å². The minimum Gasteiger partial charge on any atom is -0.491 e. The van der Waals surface area contributed by atoms with Crippen LogP contribution in [0.5, 0.6) is 5.75 Å². The fourth-order valence-corrected chi connectivity index (χ4v) is 3.37. The number of aldehydes is 1. The molecule has 3 rings (SSSR count). The molecular weight excluding hydrogens is 292 g/mol. The molecule has 5 heteroatoms. The first-order chi connectivity index (χ1) is 11.2. The molecule has 1 amide bonds. The van der Waals surface area contributed by atoms with Crippen LogP contribution in [0.25, 0.3) is 10.9 Å². The van der Waals surface area contributed by atoms with Gasteiger partial charge >= 0.3 is 0 Å². The van der Waals surface area contributed by atoms with Gasteiger partial charge in [-0.1, -0.05) is 13.8 Å². The second-order valence-electron chi connectivity index (χ2n) is 5.94. The highest BCUT2D eigenvalue weighted by molar-refractivity contribution is 6.00. The zero-order valence-electron chi connectivity index (χ0n) is 13.6. The Kier molecular flexibility index (Phi) is 4.37. The maximum atomic E-state index is 12.3. The van der Waals surface area contributed by atoms with Gasteiger partial charge in [-0.2, -0.15) is 0 Å². The second-order valence-corrected chi connectivity index (χ2v) is 5.94. The van der Waals surface area contributed by atoms with Gasteiger partial charge in [-0.25, -0.2) is 0 Å². The second kappa shape index (κ2) is 6.44. The van der Waals surface area contributed by atoms with Crippen LogP contribution in [-0.4, -0.2) is 41.3 Å². The van der Waals surface area contributed by atoms with Gasteiger partial charge in [0.25, 0.3) is 0 Å². The average molecular weight is 314 g/mol. The summed E-state index contributed by atoms with van der Waals surface area (Å²) in [6.45, 7) is 5.20. The molecule has 0 fully saturated rings. The van der Waals surface area contributed by atoms with Crippen molar-refractivity contribution in [1.82, 2.24) is 9.88 Å². The Bertz CT molecular complexity index is 735. The zero-order valence-corrected chi connectivity index (χ0v) is 13.6. The number of aromatic amines is 1. The lowest BCUT2D eigenvalue weighted by Gasteiger charge is -2.35. The third kappa shape index (κ3) is 2.71. The Morgan fingerprint density at radius 2 is 2.26 bits per heavy atom. The molecule has 0 bridgehead atoms. The molecule has 1 unspecified atom stereocenters. The molecule has 5 nitrogen and oxygen atoms in total. The highest BCUT2D eigenvalue weighted by Crippen LogP contribution is 2.34. The Morgan fingerprint density at radius 1 is 1.43 bits per heavy atom. The Balaban J connectivity index is 1.99. The molecule has 23 heavy (non-hydrogen) atoms. The third-order valence-corrected chi connectivity index (χ3v) is 4.47. The summed E-state index contributed by atoms with van der Waals surface area (Å²) >= 11 is 0. The summed E-state index contributed by atoms with van der Waals surface area (Å²) in [5.74, 6) is 0.970. The molecule has 1 aliphatic heterocycles. The maximum absolute atomic E-state index is 12.3. The first-order valence-electron chi connectivity index (χ1n) is 8.20. The molecular formula is C18H22N2O3. The van der Waals surface area contributed by atoms with E-state index in [0.29, 0.717) is 18.6 Å². The van der Waals surface area contributed by atoms with Gasteiger partial charge in [0.05, 0.1) is 6.04 Å². The average Bonchev–Trinajstić information content (AvgIpc) is 3.02. The van der Waals surface area contributed by atoms with Crippen LogP contribution in [0, 0.1) is 0 Å². The number of aromatic nitrogens is 1. The van der Waals surface area contributed by atoms with E-state index in [9.17, 15) is 9.59 Å². The van der Waals surface area contributed by atoms with E-state index in [0.717, 1.165) is 47.9 Å². The van der Waals surface area contributed by atoms with Gasteiger partial charge < -0.3 is 14.6 Å². The van der Waals surface area contributed by atoms with Crippen molar-refractivity contribution in [1.29, 1.82) is 0 Å². The third-order valence-electron chi connectivity index (χ3n) is 4.47. The van der Waals surface area contributed by atoms with E-state index in [-0.39, 0.29) is 11.9 Å². The quantitative estimate of drug-likeness (QED) is 0.863. The van der Waals surface area contributed by atoms with E-state index >= 15 is 0 Å². The van der Waals surface area contributed by atoms with Crippen molar-refractivity contribution in [2.75, 3.05) is 13.2 Å². The van der Waals surface area contributed by atoms with Crippen molar-refractivity contribution in [3.8, 4) is 5.75 Å². The minimum atomic E-state index is 0.0231.